The van der Waals surface area contributed by atoms with E-state index < -0.39 is 5.97 Å². The zero-order valence-corrected chi connectivity index (χ0v) is 18.0. The van der Waals surface area contributed by atoms with E-state index in [0.29, 0.717) is 28.7 Å². The summed E-state index contributed by atoms with van der Waals surface area (Å²) in [6.07, 6.45) is 0.493. The van der Waals surface area contributed by atoms with Gasteiger partial charge in [0.15, 0.2) is 5.82 Å². The smallest absolute Gasteiger partial charge is 0.340 e. The van der Waals surface area contributed by atoms with Gasteiger partial charge in [-0.25, -0.2) is 9.47 Å². The standard InChI is InChI=1S/C21H23N5O4S/c1-3-30-20(28)16-6-4-5-7-17(16)23-19(27)13-31-21-25-24-18(26(21)22)12-14-8-10-15(29-2)11-9-14/h4-11H,3,12-13,22H2,1-2H3,(H,23,27). The minimum atomic E-state index is -0.490. The highest BCUT2D eigenvalue weighted by molar-refractivity contribution is 7.99. The van der Waals surface area contributed by atoms with Gasteiger partial charge in [-0.1, -0.05) is 36.0 Å². The average Bonchev–Trinajstić information content (AvgIpc) is 3.12. The molecule has 9 nitrogen and oxygen atoms in total. The molecule has 1 amide bonds. The SMILES string of the molecule is CCOC(=O)c1ccccc1NC(=O)CSc1nnc(Cc2ccc(OC)cc2)n1N. The van der Waals surface area contributed by atoms with Crippen molar-refractivity contribution in [2.45, 2.75) is 18.5 Å². The van der Waals surface area contributed by atoms with Crippen molar-refractivity contribution < 1.29 is 19.1 Å². The molecule has 0 aliphatic carbocycles. The molecule has 0 unspecified atom stereocenters. The van der Waals surface area contributed by atoms with Crippen LogP contribution in [0.3, 0.4) is 0 Å². The third-order valence-electron chi connectivity index (χ3n) is 4.29. The van der Waals surface area contributed by atoms with E-state index in [-0.39, 0.29) is 18.3 Å². The van der Waals surface area contributed by atoms with Gasteiger partial charge in [-0.15, -0.1) is 10.2 Å². The molecule has 162 valence electrons. The van der Waals surface area contributed by atoms with Gasteiger partial charge in [0.1, 0.15) is 5.75 Å². The fraction of sp³-hybridized carbons (Fsp3) is 0.238. The molecule has 10 heteroatoms. The summed E-state index contributed by atoms with van der Waals surface area (Å²) in [4.78, 5) is 24.4. The minimum Gasteiger partial charge on any atom is -0.497 e. The number of esters is 1. The molecule has 1 aromatic heterocycles. The number of carbonyl (C=O) groups is 2. The molecule has 0 atom stereocenters. The van der Waals surface area contributed by atoms with Gasteiger partial charge in [-0.05, 0) is 36.8 Å². The summed E-state index contributed by atoms with van der Waals surface area (Å²) >= 11 is 1.15. The topological polar surface area (TPSA) is 121 Å². The van der Waals surface area contributed by atoms with Gasteiger partial charge in [-0.2, -0.15) is 0 Å². The third-order valence-corrected chi connectivity index (χ3v) is 5.23. The van der Waals surface area contributed by atoms with Crippen molar-refractivity contribution in [3.8, 4) is 5.75 Å². The molecule has 1 heterocycles. The van der Waals surface area contributed by atoms with Crippen LogP contribution in [0.4, 0.5) is 5.69 Å². The lowest BCUT2D eigenvalue weighted by molar-refractivity contribution is -0.113. The molecule has 0 saturated heterocycles. The number of hydrogen-bond donors (Lipinski definition) is 2. The lowest BCUT2D eigenvalue weighted by Crippen LogP contribution is -2.19. The molecular formula is C21H23N5O4S. The Morgan fingerprint density at radius 2 is 1.87 bits per heavy atom. The number of rotatable bonds is 9. The Morgan fingerprint density at radius 3 is 2.58 bits per heavy atom. The number of hydrogen-bond acceptors (Lipinski definition) is 8. The maximum atomic E-state index is 12.4. The van der Waals surface area contributed by atoms with Crippen molar-refractivity contribution in [1.29, 1.82) is 0 Å². The zero-order chi connectivity index (χ0) is 22.2. The van der Waals surface area contributed by atoms with Crippen molar-refractivity contribution >= 4 is 29.3 Å². The van der Waals surface area contributed by atoms with Crippen LogP contribution in [-0.2, 0) is 16.0 Å². The first-order chi connectivity index (χ1) is 15.0. The quantitative estimate of drug-likeness (QED) is 0.295. The van der Waals surface area contributed by atoms with E-state index in [0.717, 1.165) is 23.1 Å². The van der Waals surface area contributed by atoms with Crippen LogP contribution in [0.5, 0.6) is 5.75 Å². The largest absolute Gasteiger partial charge is 0.497 e. The second-order valence-corrected chi connectivity index (χ2v) is 7.34. The molecule has 0 fully saturated rings. The normalized spacial score (nSPS) is 10.5. The second-order valence-electron chi connectivity index (χ2n) is 6.40. The summed E-state index contributed by atoms with van der Waals surface area (Å²) in [5, 5.41) is 11.3. The lowest BCUT2D eigenvalue weighted by Gasteiger charge is -2.10. The van der Waals surface area contributed by atoms with Gasteiger partial charge in [-0.3, -0.25) is 4.79 Å². The van der Waals surface area contributed by atoms with Crippen LogP contribution in [0.1, 0.15) is 28.7 Å². The Morgan fingerprint density at radius 1 is 1.13 bits per heavy atom. The molecule has 3 rings (SSSR count). The highest BCUT2D eigenvalue weighted by Gasteiger charge is 2.16. The molecule has 0 aliphatic rings. The number of aromatic nitrogens is 3. The predicted molar refractivity (Wildman–Crippen MR) is 118 cm³/mol. The number of methoxy groups -OCH3 is 1. The number of nitrogen functional groups attached to an aromatic ring is 1. The van der Waals surface area contributed by atoms with Crippen molar-refractivity contribution in [3.05, 3.63) is 65.5 Å². The van der Waals surface area contributed by atoms with Crippen LogP contribution >= 0.6 is 11.8 Å². The van der Waals surface area contributed by atoms with Crippen LogP contribution in [0, 0.1) is 0 Å². The van der Waals surface area contributed by atoms with Crippen LogP contribution in [0.15, 0.2) is 53.7 Å². The van der Waals surface area contributed by atoms with Crippen molar-refractivity contribution in [3.63, 3.8) is 0 Å². The van der Waals surface area contributed by atoms with Gasteiger partial charge < -0.3 is 20.6 Å². The minimum absolute atomic E-state index is 0.0506. The fourth-order valence-electron chi connectivity index (χ4n) is 2.75. The maximum Gasteiger partial charge on any atom is 0.340 e. The number of nitrogens with zero attached hydrogens (tertiary/aromatic N) is 3. The molecule has 0 saturated carbocycles. The van der Waals surface area contributed by atoms with Gasteiger partial charge in [0, 0.05) is 6.42 Å². The number of ether oxygens (including phenoxy) is 2. The van der Waals surface area contributed by atoms with E-state index in [4.69, 9.17) is 15.3 Å². The highest BCUT2D eigenvalue weighted by atomic mass is 32.2. The zero-order valence-electron chi connectivity index (χ0n) is 17.2. The van der Waals surface area contributed by atoms with E-state index in [1.807, 2.05) is 24.3 Å². The van der Waals surface area contributed by atoms with E-state index in [9.17, 15) is 9.59 Å². The number of nitrogens with one attached hydrogen (secondary N) is 1. The predicted octanol–water partition coefficient (Wildman–Crippen LogP) is 2.50. The molecule has 0 radical (unpaired) electrons. The molecule has 3 aromatic rings. The summed E-state index contributed by atoms with van der Waals surface area (Å²) in [5.41, 5.74) is 1.69. The van der Waals surface area contributed by atoms with Crippen LogP contribution in [0.2, 0.25) is 0 Å². The van der Waals surface area contributed by atoms with Crippen molar-refractivity contribution in [2.24, 2.45) is 0 Å². The number of para-hydroxylation sites is 1. The molecule has 0 bridgehead atoms. The Bertz CT molecular complexity index is 1050. The molecule has 31 heavy (non-hydrogen) atoms. The van der Waals surface area contributed by atoms with Crippen molar-refractivity contribution in [2.75, 3.05) is 30.6 Å². The van der Waals surface area contributed by atoms with Crippen LogP contribution in [-0.4, -0.2) is 46.2 Å². The van der Waals surface area contributed by atoms with Crippen LogP contribution < -0.4 is 15.9 Å². The van der Waals surface area contributed by atoms with Crippen molar-refractivity contribution in [1.82, 2.24) is 14.9 Å². The van der Waals surface area contributed by atoms with Crippen LogP contribution in [0.25, 0.3) is 0 Å². The molecule has 3 N–H and O–H groups in total. The highest BCUT2D eigenvalue weighted by Crippen LogP contribution is 2.20. The monoisotopic (exact) mass is 441 g/mol. The maximum absolute atomic E-state index is 12.4. The van der Waals surface area contributed by atoms with E-state index in [2.05, 4.69) is 15.5 Å². The van der Waals surface area contributed by atoms with E-state index in [1.54, 1.807) is 38.3 Å². The first-order valence-corrected chi connectivity index (χ1v) is 10.5. The Kier molecular flexibility index (Phi) is 7.50. The van der Waals surface area contributed by atoms with E-state index >= 15 is 0 Å². The number of amides is 1. The second kappa shape index (κ2) is 10.5. The fourth-order valence-corrected chi connectivity index (χ4v) is 3.42. The molecule has 2 aromatic carbocycles. The molecular weight excluding hydrogens is 418 g/mol. The number of carbonyl (C=O) groups excluding carboxylic acids is 2. The average molecular weight is 442 g/mol. The lowest BCUT2D eigenvalue weighted by atomic mass is 10.1. The molecule has 0 aliphatic heterocycles. The van der Waals surface area contributed by atoms with Gasteiger partial charge in [0.05, 0.1) is 30.7 Å². The summed E-state index contributed by atoms with van der Waals surface area (Å²) in [7, 11) is 1.61. The summed E-state index contributed by atoms with van der Waals surface area (Å²) < 4.78 is 11.5. The van der Waals surface area contributed by atoms with Gasteiger partial charge >= 0.3 is 5.97 Å². The third kappa shape index (κ3) is 5.76. The van der Waals surface area contributed by atoms with E-state index in [1.165, 1.54) is 4.68 Å². The number of nitrogens with two attached hydrogens (primary N) is 1. The number of anilines is 1. The Labute approximate surface area is 183 Å². The Balaban J connectivity index is 1.59. The molecule has 0 spiro atoms. The Hall–Kier alpha value is -3.53. The first-order valence-electron chi connectivity index (χ1n) is 9.53. The number of benzene rings is 2. The summed E-state index contributed by atoms with van der Waals surface area (Å²) in [5.74, 6) is 6.69. The number of thioether (sulfide) groups is 1. The summed E-state index contributed by atoms with van der Waals surface area (Å²) in [6.45, 7) is 1.98. The summed E-state index contributed by atoms with van der Waals surface area (Å²) in [6, 6.07) is 14.3. The van der Waals surface area contributed by atoms with Gasteiger partial charge in [0.2, 0.25) is 11.1 Å². The van der Waals surface area contributed by atoms with Gasteiger partial charge in [0.25, 0.3) is 0 Å². The first kappa shape index (κ1) is 22.2.